The van der Waals surface area contributed by atoms with Gasteiger partial charge in [-0.1, -0.05) is 19.8 Å². The van der Waals surface area contributed by atoms with Crippen molar-refractivity contribution in [2.24, 2.45) is 5.41 Å². The lowest BCUT2D eigenvalue weighted by Gasteiger charge is -2.27. The molecular weight excluding hydrogens is 266 g/mol. The van der Waals surface area contributed by atoms with Crippen molar-refractivity contribution in [3.63, 3.8) is 0 Å². The Bertz CT molecular complexity index is 385. The Morgan fingerprint density at radius 3 is 2.47 bits per heavy atom. The fourth-order valence-electron chi connectivity index (χ4n) is 2.62. The molecule has 0 aromatic rings. The number of rotatable bonds is 8. The number of nitrogens with one attached hydrogen (secondary N) is 1. The summed E-state index contributed by atoms with van der Waals surface area (Å²) in [4.78, 5) is 10.9. The molecule has 0 aromatic heterocycles. The highest BCUT2D eigenvalue weighted by Gasteiger charge is 2.32. The summed E-state index contributed by atoms with van der Waals surface area (Å²) in [6.45, 7) is 2.65. The zero-order valence-electron chi connectivity index (χ0n) is 11.9. The van der Waals surface area contributed by atoms with Gasteiger partial charge in [-0.3, -0.25) is 4.79 Å². The molecule has 112 valence electrons. The molecule has 19 heavy (non-hydrogen) atoms. The van der Waals surface area contributed by atoms with Gasteiger partial charge in [0.25, 0.3) is 0 Å². The molecule has 0 bridgehead atoms. The number of hydrogen-bond donors (Lipinski definition) is 1. The van der Waals surface area contributed by atoms with Crippen LogP contribution in [0.2, 0.25) is 0 Å². The maximum absolute atomic E-state index is 11.9. The maximum atomic E-state index is 11.9. The minimum Gasteiger partial charge on any atom is -0.469 e. The van der Waals surface area contributed by atoms with E-state index in [1.807, 2.05) is 0 Å². The molecule has 0 aliphatic heterocycles. The van der Waals surface area contributed by atoms with Crippen LogP contribution in [0.1, 0.15) is 51.9 Å². The van der Waals surface area contributed by atoms with Crippen LogP contribution >= 0.6 is 0 Å². The lowest BCUT2D eigenvalue weighted by molar-refractivity contribution is -0.140. The van der Waals surface area contributed by atoms with E-state index in [2.05, 4.69) is 16.4 Å². The number of ether oxygens (including phenoxy) is 1. The maximum Gasteiger partial charge on any atom is 0.305 e. The van der Waals surface area contributed by atoms with E-state index in [9.17, 15) is 13.2 Å². The zero-order valence-corrected chi connectivity index (χ0v) is 12.7. The third-order valence-electron chi connectivity index (χ3n) is 4.10. The molecule has 1 rings (SSSR count). The van der Waals surface area contributed by atoms with E-state index >= 15 is 0 Å². The summed E-state index contributed by atoms with van der Waals surface area (Å²) in [5.74, 6) is -0.377. The van der Waals surface area contributed by atoms with Gasteiger partial charge in [0, 0.05) is 13.0 Å². The SMILES string of the molecule is CCC1(CNS(=O)(=O)CCCC(=O)OC)CCCC1. The molecule has 1 aliphatic rings. The first-order valence-electron chi connectivity index (χ1n) is 6.97. The highest BCUT2D eigenvalue weighted by molar-refractivity contribution is 7.89. The molecule has 1 saturated carbocycles. The van der Waals surface area contributed by atoms with Gasteiger partial charge in [-0.2, -0.15) is 0 Å². The first-order chi connectivity index (χ1) is 8.93. The van der Waals surface area contributed by atoms with Crippen LogP contribution in [-0.2, 0) is 19.6 Å². The molecule has 1 aliphatic carbocycles. The van der Waals surface area contributed by atoms with Crippen LogP contribution in [0.3, 0.4) is 0 Å². The molecule has 0 saturated heterocycles. The minimum atomic E-state index is -3.28. The Hall–Kier alpha value is -0.620. The summed E-state index contributed by atoms with van der Waals surface area (Å²) in [6.07, 6.45) is 6.06. The Balaban J connectivity index is 2.36. The van der Waals surface area contributed by atoms with Crippen LogP contribution in [-0.4, -0.2) is 33.8 Å². The monoisotopic (exact) mass is 291 g/mol. The summed E-state index contributed by atoms with van der Waals surface area (Å²) in [5, 5.41) is 0. The minimum absolute atomic E-state index is 0.0120. The first-order valence-corrected chi connectivity index (χ1v) is 8.62. The van der Waals surface area contributed by atoms with Gasteiger partial charge >= 0.3 is 5.97 Å². The van der Waals surface area contributed by atoms with E-state index in [0.29, 0.717) is 13.0 Å². The summed E-state index contributed by atoms with van der Waals surface area (Å²) in [5.41, 5.74) is 0.148. The molecule has 0 spiro atoms. The van der Waals surface area contributed by atoms with Gasteiger partial charge in [-0.15, -0.1) is 0 Å². The van der Waals surface area contributed by atoms with Crippen molar-refractivity contribution in [3.05, 3.63) is 0 Å². The predicted molar refractivity (Wildman–Crippen MR) is 74.2 cm³/mol. The predicted octanol–water partition coefficient (Wildman–Crippen LogP) is 1.83. The van der Waals surface area contributed by atoms with Crippen LogP contribution < -0.4 is 4.72 Å². The average Bonchev–Trinajstić information content (AvgIpc) is 2.86. The van der Waals surface area contributed by atoms with Crippen LogP contribution in [0.25, 0.3) is 0 Å². The molecule has 0 aromatic carbocycles. The summed E-state index contributed by atoms with van der Waals surface area (Å²) < 4.78 is 30.9. The molecule has 0 unspecified atom stereocenters. The first kappa shape index (κ1) is 16.4. The normalized spacial score (nSPS) is 18.4. The van der Waals surface area contributed by atoms with Gasteiger partial charge in [0.1, 0.15) is 0 Å². The van der Waals surface area contributed by atoms with Crippen LogP contribution in [0.4, 0.5) is 0 Å². The van der Waals surface area contributed by atoms with Crippen LogP contribution in [0.5, 0.6) is 0 Å². The summed E-state index contributed by atoms with van der Waals surface area (Å²) in [7, 11) is -1.97. The van der Waals surface area contributed by atoms with E-state index in [4.69, 9.17) is 0 Å². The molecule has 0 atom stereocenters. The van der Waals surface area contributed by atoms with E-state index in [1.54, 1.807) is 0 Å². The summed E-state index contributed by atoms with van der Waals surface area (Å²) in [6, 6.07) is 0. The fourth-order valence-corrected chi connectivity index (χ4v) is 3.82. The van der Waals surface area contributed by atoms with Crippen molar-refractivity contribution in [2.45, 2.75) is 51.9 Å². The van der Waals surface area contributed by atoms with Crippen molar-refractivity contribution in [2.75, 3.05) is 19.4 Å². The number of hydrogen-bond acceptors (Lipinski definition) is 4. The number of carbonyl (C=O) groups is 1. The Morgan fingerprint density at radius 2 is 1.95 bits per heavy atom. The molecule has 0 amide bonds. The van der Waals surface area contributed by atoms with Gasteiger partial charge in [-0.25, -0.2) is 13.1 Å². The Labute approximate surface area is 116 Å². The van der Waals surface area contributed by atoms with Gasteiger partial charge in [-0.05, 0) is 31.1 Å². The van der Waals surface area contributed by atoms with Gasteiger partial charge in [0.05, 0.1) is 12.9 Å². The largest absolute Gasteiger partial charge is 0.469 e. The second kappa shape index (κ2) is 7.24. The lowest BCUT2D eigenvalue weighted by Crippen LogP contribution is -2.36. The quantitative estimate of drug-likeness (QED) is 0.692. The molecule has 1 fully saturated rings. The third-order valence-corrected chi connectivity index (χ3v) is 5.51. The third kappa shape index (κ3) is 5.48. The average molecular weight is 291 g/mol. The number of esters is 1. The molecule has 1 N–H and O–H groups in total. The second-order valence-electron chi connectivity index (χ2n) is 5.38. The van der Waals surface area contributed by atoms with Crippen molar-refractivity contribution < 1.29 is 17.9 Å². The van der Waals surface area contributed by atoms with Crippen molar-refractivity contribution in [1.29, 1.82) is 0 Å². The van der Waals surface area contributed by atoms with E-state index < -0.39 is 10.0 Å². The smallest absolute Gasteiger partial charge is 0.305 e. The molecule has 0 radical (unpaired) electrons. The molecule has 0 heterocycles. The summed E-state index contributed by atoms with van der Waals surface area (Å²) >= 11 is 0. The standard InChI is InChI=1S/C13H25NO4S/c1-3-13(8-4-5-9-13)11-14-19(16,17)10-6-7-12(15)18-2/h14H,3-11H2,1-2H3. The highest BCUT2D eigenvalue weighted by Crippen LogP contribution is 2.40. The van der Waals surface area contributed by atoms with Crippen LogP contribution in [0.15, 0.2) is 0 Å². The van der Waals surface area contributed by atoms with Crippen molar-refractivity contribution in [1.82, 2.24) is 4.72 Å². The number of carbonyl (C=O) groups excluding carboxylic acids is 1. The lowest BCUT2D eigenvalue weighted by atomic mass is 9.84. The number of sulfonamides is 1. The second-order valence-corrected chi connectivity index (χ2v) is 7.31. The van der Waals surface area contributed by atoms with Crippen molar-refractivity contribution in [3.8, 4) is 0 Å². The Kier molecular flexibility index (Phi) is 6.26. The fraction of sp³-hybridized carbons (Fsp3) is 0.923. The van der Waals surface area contributed by atoms with E-state index in [0.717, 1.165) is 19.3 Å². The number of methoxy groups -OCH3 is 1. The van der Waals surface area contributed by atoms with Gasteiger partial charge < -0.3 is 4.74 Å². The van der Waals surface area contributed by atoms with E-state index in [-0.39, 0.29) is 23.6 Å². The van der Waals surface area contributed by atoms with E-state index in [1.165, 1.54) is 20.0 Å². The molecule has 5 nitrogen and oxygen atoms in total. The van der Waals surface area contributed by atoms with Gasteiger partial charge in [0.15, 0.2) is 0 Å². The molecular formula is C13H25NO4S. The van der Waals surface area contributed by atoms with Crippen molar-refractivity contribution >= 4 is 16.0 Å². The Morgan fingerprint density at radius 1 is 1.32 bits per heavy atom. The zero-order chi connectivity index (χ0) is 14.4. The molecule has 6 heteroatoms. The van der Waals surface area contributed by atoms with Crippen LogP contribution in [0, 0.1) is 5.41 Å². The topological polar surface area (TPSA) is 72.5 Å². The highest BCUT2D eigenvalue weighted by atomic mass is 32.2. The van der Waals surface area contributed by atoms with Gasteiger partial charge in [0.2, 0.25) is 10.0 Å².